The quantitative estimate of drug-likeness (QED) is 0.475. The van der Waals surface area contributed by atoms with E-state index >= 15 is 0 Å². The number of hydrogen-bond acceptors (Lipinski definition) is 7. The van der Waals surface area contributed by atoms with Gasteiger partial charge in [-0.3, -0.25) is 14.6 Å². The van der Waals surface area contributed by atoms with Gasteiger partial charge in [0.1, 0.15) is 17.4 Å². The highest BCUT2D eigenvalue weighted by Crippen LogP contribution is 2.49. The van der Waals surface area contributed by atoms with E-state index in [1.165, 1.54) is 23.9 Å². The van der Waals surface area contributed by atoms with Crippen LogP contribution in [0, 0.1) is 5.92 Å². The summed E-state index contributed by atoms with van der Waals surface area (Å²) in [6.45, 7) is 1.80. The fourth-order valence-corrected chi connectivity index (χ4v) is 6.63. The van der Waals surface area contributed by atoms with Crippen molar-refractivity contribution >= 4 is 45.8 Å². The SMILES string of the molecule is O=C(N[C@H]1CC[C@H](CN2C(=O)C3(CN(c4ncns4)C3)c3ccccc32)CC1)c1cc(Cl)cnc1C(F)F. The Labute approximate surface area is 227 Å². The van der Waals surface area contributed by atoms with Gasteiger partial charge in [0.05, 0.1) is 10.6 Å². The van der Waals surface area contributed by atoms with Crippen LogP contribution in [0.5, 0.6) is 0 Å². The zero-order valence-electron chi connectivity index (χ0n) is 20.3. The predicted octanol–water partition coefficient (Wildman–Crippen LogP) is 4.62. The molecule has 3 aromatic rings. The van der Waals surface area contributed by atoms with Crippen LogP contribution in [0.1, 0.15) is 53.7 Å². The Morgan fingerprint density at radius 3 is 2.66 bits per heavy atom. The lowest BCUT2D eigenvalue weighted by Gasteiger charge is -2.46. The van der Waals surface area contributed by atoms with Gasteiger partial charge in [-0.15, -0.1) is 0 Å². The number of nitrogens with one attached hydrogen (secondary N) is 1. The lowest BCUT2D eigenvalue weighted by molar-refractivity contribution is -0.124. The average molecular weight is 559 g/mol. The highest BCUT2D eigenvalue weighted by Gasteiger charge is 2.58. The number of para-hydroxylation sites is 1. The first-order valence-corrected chi connectivity index (χ1v) is 13.7. The Bertz CT molecular complexity index is 1360. The van der Waals surface area contributed by atoms with E-state index in [-0.39, 0.29) is 28.5 Å². The van der Waals surface area contributed by atoms with Crippen molar-refractivity contribution < 1.29 is 18.4 Å². The molecular weight excluding hydrogens is 534 g/mol. The molecule has 1 aromatic carbocycles. The first-order chi connectivity index (χ1) is 18.4. The Morgan fingerprint density at radius 1 is 1.18 bits per heavy atom. The van der Waals surface area contributed by atoms with E-state index in [9.17, 15) is 18.4 Å². The van der Waals surface area contributed by atoms with Crippen molar-refractivity contribution in [1.82, 2.24) is 19.7 Å². The van der Waals surface area contributed by atoms with Crippen LogP contribution >= 0.6 is 23.1 Å². The Morgan fingerprint density at radius 2 is 1.95 bits per heavy atom. The van der Waals surface area contributed by atoms with Crippen LogP contribution in [0.2, 0.25) is 5.02 Å². The molecular formula is C26H25ClF2N6O2S. The van der Waals surface area contributed by atoms with Gasteiger partial charge in [0.25, 0.3) is 12.3 Å². The van der Waals surface area contributed by atoms with Gasteiger partial charge in [0, 0.05) is 49.1 Å². The summed E-state index contributed by atoms with van der Waals surface area (Å²) < 4.78 is 30.7. The molecule has 1 aliphatic carbocycles. The zero-order chi connectivity index (χ0) is 26.4. The van der Waals surface area contributed by atoms with Gasteiger partial charge in [-0.2, -0.15) is 4.37 Å². The summed E-state index contributed by atoms with van der Waals surface area (Å²) in [7, 11) is 0. The van der Waals surface area contributed by atoms with Crippen molar-refractivity contribution in [2.45, 2.75) is 43.6 Å². The van der Waals surface area contributed by atoms with Gasteiger partial charge in [-0.1, -0.05) is 29.8 Å². The second-order valence-corrected chi connectivity index (χ2v) is 11.4. The maximum Gasteiger partial charge on any atom is 0.281 e. The number of carbonyl (C=O) groups excluding carboxylic acids is 2. The number of hydrogen-bond donors (Lipinski definition) is 1. The van der Waals surface area contributed by atoms with Crippen molar-refractivity contribution in [1.29, 1.82) is 0 Å². The smallest absolute Gasteiger partial charge is 0.281 e. The number of carbonyl (C=O) groups is 2. The van der Waals surface area contributed by atoms with Crippen molar-refractivity contribution in [3.05, 3.63) is 64.7 Å². The van der Waals surface area contributed by atoms with E-state index in [2.05, 4.69) is 30.6 Å². The molecule has 8 nitrogen and oxygen atoms in total. The van der Waals surface area contributed by atoms with E-state index in [1.807, 2.05) is 23.1 Å². The molecule has 2 amide bonds. The van der Waals surface area contributed by atoms with E-state index < -0.39 is 23.4 Å². The minimum Gasteiger partial charge on any atom is -0.349 e. The average Bonchev–Trinajstić information content (AvgIpc) is 3.49. The molecule has 1 saturated carbocycles. The van der Waals surface area contributed by atoms with Crippen LogP contribution in [0.25, 0.3) is 0 Å². The molecule has 3 aliphatic rings. The van der Waals surface area contributed by atoms with Gasteiger partial charge < -0.3 is 15.1 Å². The highest BCUT2D eigenvalue weighted by molar-refractivity contribution is 7.09. The maximum atomic E-state index is 13.8. The summed E-state index contributed by atoms with van der Waals surface area (Å²) in [6.07, 6.45) is 2.82. The second-order valence-electron chi connectivity index (χ2n) is 10.2. The van der Waals surface area contributed by atoms with Crippen LogP contribution < -0.4 is 15.1 Å². The number of pyridine rings is 1. The zero-order valence-corrected chi connectivity index (χ0v) is 21.9. The molecule has 2 aromatic heterocycles. The molecule has 12 heteroatoms. The molecule has 6 rings (SSSR count). The fraction of sp³-hybridized carbons (Fsp3) is 0.423. The molecule has 2 aliphatic heterocycles. The number of amides is 2. The Balaban J connectivity index is 1.09. The lowest BCUT2D eigenvalue weighted by Crippen LogP contribution is -2.64. The van der Waals surface area contributed by atoms with Crippen LogP contribution in [-0.4, -0.2) is 51.8 Å². The molecule has 1 spiro atoms. The molecule has 2 fully saturated rings. The monoisotopic (exact) mass is 558 g/mol. The van der Waals surface area contributed by atoms with Crippen molar-refractivity contribution in [3.63, 3.8) is 0 Å². The summed E-state index contributed by atoms with van der Waals surface area (Å²) in [5.41, 5.74) is 0.721. The molecule has 4 heterocycles. The molecule has 38 heavy (non-hydrogen) atoms. The highest BCUT2D eigenvalue weighted by atomic mass is 35.5. The van der Waals surface area contributed by atoms with Crippen LogP contribution in [0.15, 0.2) is 42.9 Å². The fourth-order valence-electron chi connectivity index (χ4n) is 5.95. The van der Waals surface area contributed by atoms with Crippen molar-refractivity contribution in [2.24, 2.45) is 5.92 Å². The minimum absolute atomic E-state index is 0.128. The minimum atomic E-state index is -2.87. The third-order valence-electron chi connectivity index (χ3n) is 7.87. The van der Waals surface area contributed by atoms with E-state index in [0.29, 0.717) is 32.5 Å². The molecule has 1 N–H and O–H groups in total. The molecule has 198 valence electrons. The largest absolute Gasteiger partial charge is 0.349 e. The van der Waals surface area contributed by atoms with Crippen LogP contribution in [0.4, 0.5) is 19.6 Å². The van der Waals surface area contributed by atoms with E-state index in [0.717, 1.165) is 35.4 Å². The topological polar surface area (TPSA) is 91.3 Å². The first-order valence-electron chi connectivity index (χ1n) is 12.5. The molecule has 0 atom stereocenters. The van der Waals surface area contributed by atoms with Gasteiger partial charge in [-0.05, 0) is 49.3 Å². The summed E-state index contributed by atoms with van der Waals surface area (Å²) in [6, 6.07) is 9.10. The third kappa shape index (κ3) is 4.31. The number of aromatic nitrogens is 3. The number of anilines is 2. The van der Waals surface area contributed by atoms with Gasteiger partial charge in [0.15, 0.2) is 0 Å². The summed E-state index contributed by atoms with van der Waals surface area (Å²) in [4.78, 5) is 38.5. The normalized spacial score (nSPS) is 22.1. The number of nitrogens with zero attached hydrogens (tertiary/aromatic N) is 5. The van der Waals surface area contributed by atoms with Crippen LogP contribution in [-0.2, 0) is 10.2 Å². The number of halogens is 3. The van der Waals surface area contributed by atoms with E-state index in [4.69, 9.17) is 11.6 Å². The number of alkyl halides is 2. The van der Waals surface area contributed by atoms with Gasteiger partial charge in [-0.25, -0.2) is 13.8 Å². The second kappa shape index (κ2) is 9.85. The number of rotatable bonds is 6. The summed E-state index contributed by atoms with van der Waals surface area (Å²) in [5.74, 6) is -0.184. The Hall–Kier alpha value is -3.18. The summed E-state index contributed by atoms with van der Waals surface area (Å²) >= 11 is 7.23. The first kappa shape index (κ1) is 25.1. The van der Waals surface area contributed by atoms with Crippen LogP contribution in [0.3, 0.4) is 0 Å². The molecule has 0 bridgehead atoms. The number of fused-ring (bicyclic) bond motifs is 2. The third-order valence-corrected chi connectivity index (χ3v) is 8.80. The molecule has 0 radical (unpaired) electrons. The van der Waals surface area contributed by atoms with Gasteiger partial charge >= 0.3 is 0 Å². The lowest BCUT2D eigenvalue weighted by atomic mass is 9.75. The van der Waals surface area contributed by atoms with Crippen molar-refractivity contribution in [3.8, 4) is 0 Å². The number of benzene rings is 1. The molecule has 0 unspecified atom stereocenters. The standard InChI is InChI=1S/C26H25ClF2N6O2S/c27-16-9-18(21(22(28)29)30-10-16)23(36)33-17-7-5-15(6-8-17)11-35-20-4-2-1-3-19(20)26(24(35)37)12-34(13-26)25-31-14-32-38-25/h1-4,9-10,14-15,17,22H,5-8,11-13H2,(H,33,36)/t15-,17-. The summed E-state index contributed by atoms with van der Waals surface area (Å²) in [5, 5.41) is 3.84. The van der Waals surface area contributed by atoms with Crippen molar-refractivity contribution in [2.75, 3.05) is 29.4 Å². The van der Waals surface area contributed by atoms with Gasteiger partial charge in [0.2, 0.25) is 11.0 Å². The van der Waals surface area contributed by atoms with E-state index in [1.54, 1.807) is 0 Å². The molecule has 1 saturated heterocycles. The maximum absolute atomic E-state index is 13.8. The predicted molar refractivity (Wildman–Crippen MR) is 140 cm³/mol. The Kier molecular flexibility index (Phi) is 6.51.